The molecule has 0 aliphatic heterocycles. The number of hydrogen-bond acceptors (Lipinski definition) is 0. The molecule has 0 unspecified atom stereocenters. The van der Waals surface area contributed by atoms with E-state index in [9.17, 15) is 0 Å². The molecule has 2 aromatic carbocycles. The smallest absolute Gasteiger partial charge is 0.0159 e. The van der Waals surface area contributed by atoms with Crippen LogP contribution in [-0.2, 0) is 6.42 Å². The fourth-order valence-electron chi connectivity index (χ4n) is 1.87. The first-order valence-electron chi connectivity index (χ1n) is 5.56. The van der Waals surface area contributed by atoms with E-state index in [0.717, 1.165) is 6.42 Å². The second-order valence-electron chi connectivity index (χ2n) is 4.34. The predicted molar refractivity (Wildman–Crippen MR) is 90.6 cm³/mol. The first-order valence-corrected chi connectivity index (χ1v) is 7.72. The van der Waals surface area contributed by atoms with Crippen LogP contribution >= 0.6 is 45.2 Å². The number of aryl methyl sites for hydroxylation is 2. The Hall–Kier alpha value is -0.100. The molecule has 0 nitrogen and oxygen atoms in total. The Kier molecular flexibility index (Phi) is 4.47. The summed E-state index contributed by atoms with van der Waals surface area (Å²) < 4.78 is 2.68. The van der Waals surface area contributed by atoms with Gasteiger partial charge in [0.2, 0.25) is 0 Å². The van der Waals surface area contributed by atoms with Crippen LogP contribution in [0.1, 0.15) is 22.3 Å². The average molecular weight is 448 g/mol. The van der Waals surface area contributed by atoms with Crippen molar-refractivity contribution in [2.75, 3.05) is 0 Å². The van der Waals surface area contributed by atoms with Gasteiger partial charge in [0.05, 0.1) is 0 Å². The normalized spacial score (nSPS) is 10.6. The highest BCUT2D eigenvalue weighted by Crippen LogP contribution is 2.18. The molecule has 0 bridgehead atoms. The van der Waals surface area contributed by atoms with Gasteiger partial charge in [0, 0.05) is 7.14 Å². The molecule has 0 fully saturated rings. The molecular weight excluding hydrogens is 434 g/mol. The summed E-state index contributed by atoms with van der Waals surface area (Å²) in [5, 5.41) is 0. The fraction of sp³-hybridized carbons (Fsp3) is 0.200. The first-order chi connectivity index (χ1) is 8.06. The van der Waals surface area contributed by atoms with E-state index >= 15 is 0 Å². The summed E-state index contributed by atoms with van der Waals surface area (Å²) >= 11 is 4.76. The van der Waals surface area contributed by atoms with Crippen molar-refractivity contribution in [3.8, 4) is 0 Å². The van der Waals surface area contributed by atoms with Gasteiger partial charge in [-0.2, -0.15) is 0 Å². The molecule has 0 aliphatic rings. The van der Waals surface area contributed by atoms with Crippen LogP contribution in [0.15, 0.2) is 36.4 Å². The minimum atomic E-state index is 1.02. The van der Waals surface area contributed by atoms with Gasteiger partial charge in [-0.15, -0.1) is 0 Å². The van der Waals surface area contributed by atoms with Gasteiger partial charge in [0.1, 0.15) is 0 Å². The van der Waals surface area contributed by atoms with E-state index < -0.39 is 0 Å². The van der Waals surface area contributed by atoms with Crippen molar-refractivity contribution in [1.29, 1.82) is 0 Å². The highest BCUT2D eigenvalue weighted by atomic mass is 127. The van der Waals surface area contributed by atoms with Crippen LogP contribution in [0.25, 0.3) is 0 Å². The maximum absolute atomic E-state index is 2.38. The Labute approximate surface area is 130 Å². The molecule has 0 atom stereocenters. The molecular formula is C15H14I2. The summed E-state index contributed by atoms with van der Waals surface area (Å²) in [5.41, 5.74) is 5.52. The highest BCUT2D eigenvalue weighted by molar-refractivity contribution is 14.1. The van der Waals surface area contributed by atoms with E-state index in [1.165, 1.54) is 29.4 Å². The van der Waals surface area contributed by atoms with Crippen molar-refractivity contribution >= 4 is 45.2 Å². The summed E-state index contributed by atoms with van der Waals surface area (Å²) in [6.45, 7) is 4.34. The molecule has 0 saturated heterocycles. The lowest BCUT2D eigenvalue weighted by Crippen LogP contribution is -1.92. The third-order valence-electron chi connectivity index (χ3n) is 2.85. The number of benzene rings is 2. The van der Waals surface area contributed by atoms with Gasteiger partial charge < -0.3 is 0 Å². The zero-order valence-electron chi connectivity index (χ0n) is 9.93. The van der Waals surface area contributed by atoms with E-state index in [-0.39, 0.29) is 0 Å². The maximum Gasteiger partial charge on any atom is 0.0159 e. The number of rotatable bonds is 2. The molecule has 0 N–H and O–H groups in total. The van der Waals surface area contributed by atoms with Crippen LogP contribution in [0.5, 0.6) is 0 Å². The number of hydrogen-bond donors (Lipinski definition) is 0. The third-order valence-corrected chi connectivity index (χ3v) is 5.27. The second kappa shape index (κ2) is 5.69. The molecule has 0 aromatic heterocycles. The minimum absolute atomic E-state index is 1.02. The maximum atomic E-state index is 2.38. The van der Waals surface area contributed by atoms with Gasteiger partial charge >= 0.3 is 0 Å². The quantitative estimate of drug-likeness (QED) is 0.561. The molecule has 17 heavy (non-hydrogen) atoms. The van der Waals surface area contributed by atoms with Gasteiger partial charge in [-0.1, -0.05) is 24.3 Å². The first kappa shape index (κ1) is 13.3. The van der Waals surface area contributed by atoms with Crippen LogP contribution in [0, 0.1) is 21.0 Å². The Bertz CT molecular complexity index is 495. The van der Waals surface area contributed by atoms with Crippen LogP contribution in [0.4, 0.5) is 0 Å². The van der Waals surface area contributed by atoms with Crippen molar-refractivity contribution in [1.82, 2.24) is 0 Å². The Morgan fingerprint density at radius 3 is 1.53 bits per heavy atom. The van der Waals surface area contributed by atoms with E-state index in [2.05, 4.69) is 95.4 Å². The van der Waals surface area contributed by atoms with Gasteiger partial charge in [-0.3, -0.25) is 0 Å². The summed E-state index contributed by atoms with van der Waals surface area (Å²) in [6.07, 6.45) is 1.02. The number of halogens is 2. The Morgan fingerprint density at radius 1 is 0.765 bits per heavy atom. The van der Waals surface area contributed by atoms with E-state index in [1.807, 2.05) is 0 Å². The van der Waals surface area contributed by atoms with Crippen molar-refractivity contribution in [3.05, 3.63) is 65.8 Å². The highest BCUT2D eigenvalue weighted by Gasteiger charge is 2.01. The predicted octanol–water partition coefficient (Wildman–Crippen LogP) is 5.10. The van der Waals surface area contributed by atoms with Gasteiger partial charge in [0.25, 0.3) is 0 Å². The SMILES string of the molecule is Cc1cc(Cc2ccc(I)c(C)c2)ccc1I. The van der Waals surface area contributed by atoms with Crippen molar-refractivity contribution in [2.24, 2.45) is 0 Å². The summed E-state index contributed by atoms with van der Waals surface area (Å²) in [7, 11) is 0. The fourth-order valence-corrected chi connectivity index (χ4v) is 2.54. The van der Waals surface area contributed by atoms with Crippen molar-refractivity contribution in [3.63, 3.8) is 0 Å². The molecule has 0 amide bonds. The van der Waals surface area contributed by atoms with E-state index in [1.54, 1.807) is 0 Å². The van der Waals surface area contributed by atoms with Crippen molar-refractivity contribution < 1.29 is 0 Å². The third kappa shape index (κ3) is 3.44. The van der Waals surface area contributed by atoms with E-state index in [0.29, 0.717) is 0 Å². The lowest BCUT2D eigenvalue weighted by Gasteiger charge is -2.06. The largest absolute Gasteiger partial charge is 0.0576 e. The molecule has 88 valence electrons. The molecule has 2 aromatic rings. The van der Waals surface area contributed by atoms with Crippen LogP contribution in [0.3, 0.4) is 0 Å². The summed E-state index contributed by atoms with van der Waals surface area (Å²) in [5.74, 6) is 0. The summed E-state index contributed by atoms with van der Waals surface area (Å²) in [4.78, 5) is 0. The van der Waals surface area contributed by atoms with Crippen LogP contribution < -0.4 is 0 Å². The molecule has 0 radical (unpaired) electrons. The topological polar surface area (TPSA) is 0 Å². The average Bonchev–Trinajstić information content (AvgIpc) is 2.29. The molecule has 2 heteroatoms. The molecule has 0 aliphatic carbocycles. The second-order valence-corrected chi connectivity index (χ2v) is 6.67. The zero-order valence-corrected chi connectivity index (χ0v) is 14.2. The lowest BCUT2D eigenvalue weighted by atomic mass is 10.0. The van der Waals surface area contributed by atoms with Gasteiger partial charge in [0.15, 0.2) is 0 Å². The Morgan fingerprint density at radius 2 is 1.18 bits per heavy atom. The van der Waals surface area contributed by atoms with Crippen LogP contribution in [-0.4, -0.2) is 0 Å². The molecule has 2 rings (SSSR count). The zero-order chi connectivity index (χ0) is 12.4. The molecule has 0 saturated carbocycles. The van der Waals surface area contributed by atoms with Gasteiger partial charge in [-0.25, -0.2) is 0 Å². The van der Waals surface area contributed by atoms with Crippen LogP contribution in [0.2, 0.25) is 0 Å². The monoisotopic (exact) mass is 448 g/mol. The standard InChI is InChI=1S/C15H14I2/c1-10-7-12(3-5-14(10)16)9-13-4-6-15(17)11(2)8-13/h3-8H,9H2,1-2H3. The Balaban J connectivity index is 2.25. The lowest BCUT2D eigenvalue weighted by molar-refractivity contribution is 1.16. The van der Waals surface area contributed by atoms with E-state index in [4.69, 9.17) is 0 Å². The molecule has 0 spiro atoms. The molecule has 0 heterocycles. The summed E-state index contributed by atoms with van der Waals surface area (Å²) in [6, 6.07) is 13.4. The minimum Gasteiger partial charge on any atom is -0.0576 e. The van der Waals surface area contributed by atoms with Crippen molar-refractivity contribution in [2.45, 2.75) is 20.3 Å². The van der Waals surface area contributed by atoms with Gasteiger partial charge in [-0.05, 0) is 99.8 Å².